The summed E-state index contributed by atoms with van der Waals surface area (Å²) in [6.07, 6.45) is 1.94. The maximum Gasteiger partial charge on any atom is 0.304 e. The van der Waals surface area contributed by atoms with Crippen molar-refractivity contribution >= 4 is 5.97 Å². The summed E-state index contributed by atoms with van der Waals surface area (Å²) in [5.41, 5.74) is 1.01. The monoisotopic (exact) mass is 252 g/mol. The fourth-order valence-electron chi connectivity index (χ4n) is 1.37. The number of nitrogens with zero attached hydrogens (tertiary/aromatic N) is 1. The number of hydrogen-bond donors (Lipinski definition) is 4. The highest BCUT2D eigenvalue weighted by Crippen LogP contribution is 1.90. The lowest BCUT2D eigenvalue weighted by molar-refractivity contribution is -0.136. The van der Waals surface area contributed by atoms with Crippen molar-refractivity contribution in [3.63, 3.8) is 0 Å². The third-order valence-electron chi connectivity index (χ3n) is 2.28. The lowest BCUT2D eigenvalue weighted by Gasteiger charge is -2.07. The number of carboxylic acid groups (broad SMARTS) is 1. The maximum atomic E-state index is 10.2. The van der Waals surface area contributed by atoms with Crippen LogP contribution in [0, 0.1) is 0 Å². The average molecular weight is 252 g/mol. The van der Waals surface area contributed by atoms with Crippen molar-refractivity contribution in [3.8, 4) is 0 Å². The summed E-state index contributed by atoms with van der Waals surface area (Å²) in [6, 6.07) is 5.83. The van der Waals surface area contributed by atoms with Crippen LogP contribution in [0.4, 0.5) is 0 Å². The van der Waals surface area contributed by atoms with Crippen LogP contribution in [0.5, 0.6) is 0 Å². The van der Waals surface area contributed by atoms with E-state index in [9.17, 15) is 4.79 Å². The first-order chi connectivity index (χ1) is 8.79. The number of hydrogen-bond acceptors (Lipinski definition) is 5. The number of aliphatic carboxylic acids is 1. The van der Waals surface area contributed by atoms with E-state index in [4.69, 9.17) is 5.11 Å². The fraction of sp³-hybridized carbons (Fsp3) is 0.500. The van der Waals surface area contributed by atoms with Gasteiger partial charge in [0.15, 0.2) is 0 Å². The molecule has 0 bridgehead atoms. The zero-order chi connectivity index (χ0) is 13.1. The van der Waals surface area contributed by atoms with Crippen LogP contribution in [0.15, 0.2) is 24.4 Å². The van der Waals surface area contributed by atoms with Crippen LogP contribution in [0.25, 0.3) is 0 Å². The molecule has 0 amide bonds. The van der Waals surface area contributed by atoms with Crippen LogP contribution < -0.4 is 16.0 Å². The first-order valence-corrected chi connectivity index (χ1v) is 6.03. The van der Waals surface area contributed by atoms with E-state index in [1.165, 1.54) is 0 Å². The maximum absolute atomic E-state index is 10.2. The molecule has 1 aromatic rings. The average Bonchev–Trinajstić information content (AvgIpc) is 2.37. The van der Waals surface area contributed by atoms with E-state index < -0.39 is 5.97 Å². The number of aromatic nitrogens is 1. The quantitative estimate of drug-likeness (QED) is 0.340. The Morgan fingerprint density at radius 1 is 1.17 bits per heavy atom. The first-order valence-electron chi connectivity index (χ1n) is 6.03. The Labute approximate surface area is 107 Å². The molecule has 0 fully saturated rings. The zero-order valence-electron chi connectivity index (χ0n) is 10.4. The van der Waals surface area contributed by atoms with Crippen molar-refractivity contribution in [2.75, 3.05) is 26.3 Å². The molecule has 18 heavy (non-hydrogen) atoms. The molecule has 0 aromatic carbocycles. The molecule has 0 unspecified atom stereocenters. The molecule has 100 valence electrons. The topological polar surface area (TPSA) is 86.3 Å². The standard InChI is InChI=1S/C12H20N4O2/c17-12(18)4-6-13-7-8-14-10-15-9-11-3-1-2-5-16-11/h1-3,5,13-15H,4,6-10H2,(H,17,18). The van der Waals surface area contributed by atoms with Crippen LogP contribution >= 0.6 is 0 Å². The van der Waals surface area contributed by atoms with Gasteiger partial charge in [0.2, 0.25) is 0 Å². The summed E-state index contributed by atoms with van der Waals surface area (Å²) < 4.78 is 0. The molecule has 0 spiro atoms. The van der Waals surface area contributed by atoms with Gasteiger partial charge in [0.25, 0.3) is 0 Å². The van der Waals surface area contributed by atoms with Crippen LogP contribution in [-0.2, 0) is 11.3 Å². The normalized spacial score (nSPS) is 10.4. The van der Waals surface area contributed by atoms with Crippen LogP contribution in [-0.4, -0.2) is 42.4 Å². The van der Waals surface area contributed by atoms with Crippen molar-refractivity contribution in [1.82, 2.24) is 20.9 Å². The Morgan fingerprint density at radius 2 is 2.00 bits per heavy atom. The number of carboxylic acids is 1. The second kappa shape index (κ2) is 9.52. The van der Waals surface area contributed by atoms with Crippen molar-refractivity contribution in [1.29, 1.82) is 0 Å². The molecular weight excluding hydrogens is 232 g/mol. The Bertz CT molecular complexity index is 332. The summed E-state index contributed by atoms with van der Waals surface area (Å²) in [5, 5.41) is 17.9. The van der Waals surface area contributed by atoms with Crippen molar-refractivity contribution < 1.29 is 9.90 Å². The lowest BCUT2D eigenvalue weighted by Crippen LogP contribution is -2.34. The van der Waals surface area contributed by atoms with Gasteiger partial charge in [-0.25, -0.2) is 0 Å². The smallest absolute Gasteiger partial charge is 0.304 e. The third-order valence-corrected chi connectivity index (χ3v) is 2.28. The van der Waals surface area contributed by atoms with Crippen molar-refractivity contribution in [2.45, 2.75) is 13.0 Å². The minimum Gasteiger partial charge on any atom is -0.481 e. The Balaban J connectivity index is 1.86. The highest BCUT2D eigenvalue weighted by Gasteiger charge is 1.95. The minimum absolute atomic E-state index is 0.165. The molecule has 1 rings (SSSR count). The number of nitrogens with one attached hydrogen (secondary N) is 3. The molecule has 1 heterocycles. The molecule has 4 N–H and O–H groups in total. The van der Waals surface area contributed by atoms with E-state index in [2.05, 4.69) is 20.9 Å². The predicted molar refractivity (Wildman–Crippen MR) is 69.1 cm³/mol. The second-order valence-electron chi connectivity index (χ2n) is 3.82. The highest BCUT2D eigenvalue weighted by atomic mass is 16.4. The summed E-state index contributed by atoms with van der Waals surface area (Å²) >= 11 is 0. The molecular formula is C12H20N4O2. The fourth-order valence-corrected chi connectivity index (χ4v) is 1.37. The highest BCUT2D eigenvalue weighted by molar-refractivity contribution is 5.66. The Hall–Kier alpha value is -1.50. The van der Waals surface area contributed by atoms with Gasteiger partial charge in [-0.05, 0) is 12.1 Å². The van der Waals surface area contributed by atoms with Crippen molar-refractivity contribution in [3.05, 3.63) is 30.1 Å². The van der Waals surface area contributed by atoms with E-state index in [-0.39, 0.29) is 6.42 Å². The van der Waals surface area contributed by atoms with E-state index in [1.54, 1.807) is 6.20 Å². The van der Waals surface area contributed by atoms with Crippen molar-refractivity contribution in [2.24, 2.45) is 0 Å². The van der Waals surface area contributed by atoms with Crippen LogP contribution in [0.1, 0.15) is 12.1 Å². The van der Waals surface area contributed by atoms with Gasteiger partial charge >= 0.3 is 5.97 Å². The molecule has 0 saturated heterocycles. The molecule has 6 heteroatoms. The molecule has 0 aliphatic carbocycles. The largest absolute Gasteiger partial charge is 0.481 e. The first kappa shape index (κ1) is 14.6. The molecule has 0 atom stereocenters. The van der Waals surface area contributed by atoms with Gasteiger partial charge in [0.1, 0.15) is 0 Å². The molecule has 0 aliphatic rings. The SMILES string of the molecule is O=C(O)CCNCCNCNCc1ccccn1. The van der Waals surface area contributed by atoms with Gasteiger partial charge in [-0.15, -0.1) is 0 Å². The zero-order valence-corrected chi connectivity index (χ0v) is 10.4. The van der Waals surface area contributed by atoms with Crippen LogP contribution in [0.2, 0.25) is 0 Å². The summed E-state index contributed by atoms with van der Waals surface area (Å²) in [7, 11) is 0. The van der Waals surface area contributed by atoms with E-state index >= 15 is 0 Å². The molecule has 6 nitrogen and oxygen atoms in total. The van der Waals surface area contributed by atoms with Gasteiger partial charge in [-0.3, -0.25) is 15.1 Å². The van der Waals surface area contributed by atoms with Gasteiger partial charge in [0.05, 0.1) is 12.1 Å². The van der Waals surface area contributed by atoms with Gasteiger partial charge < -0.3 is 15.7 Å². The predicted octanol–water partition coefficient (Wildman–Crippen LogP) is -0.217. The molecule has 0 radical (unpaired) electrons. The molecule has 0 saturated carbocycles. The number of rotatable bonds is 10. The Kier molecular flexibility index (Phi) is 7.70. The van der Waals surface area contributed by atoms with Gasteiger partial charge in [-0.2, -0.15) is 0 Å². The van der Waals surface area contributed by atoms with Gasteiger partial charge in [-0.1, -0.05) is 6.07 Å². The van der Waals surface area contributed by atoms with E-state index in [0.717, 1.165) is 25.3 Å². The molecule has 1 aromatic heterocycles. The summed E-state index contributed by atoms with van der Waals surface area (Å²) in [5.74, 6) is -0.771. The van der Waals surface area contributed by atoms with E-state index in [0.29, 0.717) is 13.2 Å². The minimum atomic E-state index is -0.771. The molecule has 0 aliphatic heterocycles. The van der Waals surface area contributed by atoms with Gasteiger partial charge in [0, 0.05) is 39.0 Å². The number of carbonyl (C=O) groups is 1. The Morgan fingerprint density at radius 3 is 2.72 bits per heavy atom. The third kappa shape index (κ3) is 7.72. The second-order valence-corrected chi connectivity index (χ2v) is 3.82. The number of pyridine rings is 1. The van der Waals surface area contributed by atoms with E-state index in [1.807, 2.05) is 18.2 Å². The summed E-state index contributed by atoms with van der Waals surface area (Å²) in [6.45, 7) is 3.52. The van der Waals surface area contributed by atoms with Crippen LogP contribution in [0.3, 0.4) is 0 Å². The summed E-state index contributed by atoms with van der Waals surface area (Å²) in [4.78, 5) is 14.4. The lowest BCUT2D eigenvalue weighted by atomic mass is 10.3.